The van der Waals surface area contributed by atoms with E-state index < -0.39 is 17.4 Å². The van der Waals surface area contributed by atoms with E-state index in [4.69, 9.17) is 14.2 Å². The lowest BCUT2D eigenvalue weighted by molar-refractivity contribution is -0.154. The van der Waals surface area contributed by atoms with E-state index in [1.807, 2.05) is 12.2 Å². The van der Waals surface area contributed by atoms with Crippen LogP contribution in [0.4, 0.5) is 0 Å². The molecule has 2 bridgehead atoms. The Kier molecular flexibility index (Phi) is 5.25. The molecule has 2 saturated heterocycles. The molecule has 0 saturated carbocycles. The third-order valence-corrected chi connectivity index (χ3v) is 5.22. The zero-order chi connectivity index (χ0) is 17.2. The molecule has 4 atom stereocenters. The molecule has 0 aromatic heterocycles. The molecule has 6 nitrogen and oxygen atoms in total. The topological polar surface area (TPSA) is 65.1 Å². The second-order valence-electron chi connectivity index (χ2n) is 6.88. The van der Waals surface area contributed by atoms with Crippen LogP contribution in [0.1, 0.15) is 32.6 Å². The lowest BCUT2D eigenvalue weighted by atomic mass is 9.77. The van der Waals surface area contributed by atoms with Crippen molar-refractivity contribution >= 4 is 11.9 Å². The summed E-state index contributed by atoms with van der Waals surface area (Å²) < 4.78 is 16.5. The minimum absolute atomic E-state index is 0.00783. The monoisotopic (exact) mass is 337 g/mol. The number of ether oxygens (including phenoxy) is 3. The predicted molar refractivity (Wildman–Crippen MR) is 87.3 cm³/mol. The number of carbonyl (C=O) groups is 2. The van der Waals surface area contributed by atoms with Gasteiger partial charge < -0.3 is 19.1 Å². The van der Waals surface area contributed by atoms with Crippen molar-refractivity contribution in [2.75, 3.05) is 33.4 Å². The summed E-state index contributed by atoms with van der Waals surface area (Å²) in [6.07, 6.45) is 7.33. The van der Waals surface area contributed by atoms with Gasteiger partial charge >= 0.3 is 5.97 Å². The number of hydrogen-bond donors (Lipinski definition) is 0. The van der Waals surface area contributed by atoms with Gasteiger partial charge in [0.2, 0.25) is 5.91 Å². The number of methoxy groups -OCH3 is 1. The molecule has 3 aliphatic rings. The molecule has 3 heterocycles. The van der Waals surface area contributed by atoms with Gasteiger partial charge in [0.25, 0.3) is 0 Å². The van der Waals surface area contributed by atoms with E-state index in [2.05, 4.69) is 6.92 Å². The molecule has 1 spiro atoms. The molecule has 3 rings (SSSR count). The van der Waals surface area contributed by atoms with E-state index in [-0.39, 0.29) is 18.0 Å². The highest BCUT2D eigenvalue weighted by Crippen LogP contribution is 2.52. The van der Waals surface area contributed by atoms with E-state index in [0.717, 1.165) is 25.7 Å². The standard InChI is InChI=1S/C18H27NO5/c1-3-4-5-11-23-17(21)14-13-7-8-18(24-13)12-19(9-6-10-22-2)16(20)15(14)18/h7-8,13-15H,3-6,9-12H2,1-2H3/t13-,14-,15+,18-/m1/s1. The van der Waals surface area contributed by atoms with Gasteiger partial charge in [-0.05, 0) is 12.8 Å². The molecule has 0 aromatic carbocycles. The summed E-state index contributed by atoms with van der Waals surface area (Å²) in [5.74, 6) is -1.22. The zero-order valence-corrected chi connectivity index (χ0v) is 14.5. The highest BCUT2D eigenvalue weighted by Gasteiger charge is 2.67. The maximum absolute atomic E-state index is 12.8. The summed E-state index contributed by atoms with van der Waals surface area (Å²) in [7, 11) is 1.65. The first kappa shape index (κ1) is 17.4. The molecule has 24 heavy (non-hydrogen) atoms. The Morgan fingerprint density at radius 2 is 2.21 bits per heavy atom. The maximum Gasteiger partial charge on any atom is 0.312 e. The maximum atomic E-state index is 12.8. The Hall–Kier alpha value is -1.40. The quantitative estimate of drug-likeness (QED) is 0.363. The number of nitrogens with zero attached hydrogens (tertiary/aromatic N) is 1. The highest BCUT2D eigenvalue weighted by molar-refractivity contribution is 5.91. The molecule has 0 aliphatic carbocycles. The Balaban J connectivity index is 1.64. The van der Waals surface area contributed by atoms with Crippen LogP contribution in [-0.2, 0) is 23.8 Å². The van der Waals surface area contributed by atoms with Gasteiger partial charge in [-0.3, -0.25) is 9.59 Å². The minimum atomic E-state index is -0.637. The van der Waals surface area contributed by atoms with Crippen molar-refractivity contribution < 1.29 is 23.8 Å². The van der Waals surface area contributed by atoms with Gasteiger partial charge in [0.1, 0.15) is 11.5 Å². The summed E-state index contributed by atoms with van der Waals surface area (Å²) in [5.41, 5.74) is -0.637. The van der Waals surface area contributed by atoms with Crippen LogP contribution in [0.15, 0.2) is 12.2 Å². The molecule has 0 N–H and O–H groups in total. The van der Waals surface area contributed by atoms with E-state index in [0.29, 0.717) is 26.3 Å². The predicted octanol–water partition coefficient (Wildman–Crippen LogP) is 1.54. The van der Waals surface area contributed by atoms with E-state index in [1.165, 1.54) is 0 Å². The third-order valence-electron chi connectivity index (χ3n) is 5.22. The van der Waals surface area contributed by atoms with Gasteiger partial charge in [-0.2, -0.15) is 0 Å². The van der Waals surface area contributed by atoms with Crippen molar-refractivity contribution in [2.45, 2.75) is 44.3 Å². The number of amides is 1. The number of fused-ring (bicyclic) bond motifs is 1. The number of rotatable bonds is 9. The molecule has 6 heteroatoms. The van der Waals surface area contributed by atoms with Crippen LogP contribution in [0.2, 0.25) is 0 Å². The summed E-state index contributed by atoms with van der Waals surface area (Å²) in [5, 5.41) is 0. The number of likely N-dealkylation sites (tertiary alicyclic amines) is 1. The summed E-state index contributed by atoms with van der Waals surface area (Å²) >= 11 is 0. The average molecular weight is 337 g/mol. The number of carbonyl (C=O) groups excluding carboxylic acids is 2. The van der Waals surface area contributed by atoms with Crippen LogP contribution < -0.4 is 0 Å². The number of hydrogen-bond acceptors (Lipinski definition) is 5. The van der Waals surface area contributed by atoms with E-state index >= 15 is 0 Å². The SMILES string of the molecule is CCCCCOC(=O)[C@H]1[C@H]2C(=O)N(CCCOC)C[C@]23C=C[C@H]1O3. The second-order valence-corrected chi connectivity index (χ2v) is 6.88. The highest BCUT2D eigenvalue weighted by atomic mass is 16.6. The largest absolute Gasteiger partial charge is 0.465 e. The van der Waals surface area contributed by atoms with Crippen molar-refractivity contribution in [3.05, 3.63) is 12.2 Å². The van der Waals surface area contributed by atoms with E-state index in [1.54, 1.807) is 12.0 Å². The molecule has 1 amide bonds. The smallest absolute Gasteiger partial charge is 0.312 e. The Morgan fingerprint density at radius 1 is 1.38 bits per heavy atom. The van der Waals surface area contributed by atoms with Crippen molar-refractivity contribution in [3.63, 3.8) is 0 Å². The van der Waals surface area contributed by atoms with Gasteiger partial charge in [-0.25, -0.2) is 0 Å². The number of unbranched alkanes of at least 4 members (excludes halogenated alkanes) is 2. The lowest BCUT2D eigenvalue weighted by Crippen LogP contribution is -2.40. The first-order valence-corrected chi connectivity index (χ1v) is 8.94. The van der Waals surface area contributed by atoms with Gasteiger partial charge in [-0.15, -0.1) is 0 Å². The molecular formula is C18H27NO5. The van der Waals surface area contributed by atoms with Crippen LogP contribution in [0, 0.1) is 11.8 Å². The van der Waals surface area contributed by atoms with Crippen molar-refractivity contribution in [1.82, 2.24) is 4.90 Å². The van der Waals surface area contributed by atoms with Crippen molar-refractivity contribution in [3.8, 4) is 0 Å². The normalized spacial score (nSPS) is 33.3. The van der Waals surface area contributed by atoms with Gasteiger partial charge in [0.15, 0.2) is 0 Å². The van der Waals surface area contributed by atoms with Gasteiger partial charge in [0, 0.05) is 20.3 Å². The van der Waals surface area contributed by atoms with Crippen LogP contribution in [-0.4, -0.2) is 61.9 Å². The van der Waals surface area contributed by atoms with Crippen LogP contribution >= 0.6 is 0 Å². The Bertz CT molecular complexity index is 520. The lowest BCUT2D eigenvalue weighted by Gasteiger charge is -2.22. The second kappa shape index (κ2) is 7.23. The van der Waals surface area contributed by atoms with Gasteiger partial charge in [-0.1, -0.05) is 31.9 Å². The molecule has 134 valence electrons. The third kappa shape index (κ3) is 2.97. The minimum Gasteiger partial charge on any atom is -0.465 e. The fraction of sp³-hybridized carbons (Fsp3) is 0.778. The fourth-order valence-corrected chi connectivity index (χ4v) is 4.06. The molecule has 0 aromatic rings. The molecule has 0 radical (unpaired) electrons. The van der Waals surface area contributed by atoms with Crippen molar-refractivity contribution in [2.24, 2.45) is 11.8 Å². The molecule has 0 unspecified atom stereocenters. The summed E-state index contributed by atoms with van der Waals surface area (Å²) in [6, 6.07) is 0. The fourth-order valence-electron chi connectivity index (χ4n) is 4.06. The first-order valence-electron chi connectivity index (χ1n) is 8.94. The first-order chi connectivity index (χ1) is 11.6. The average Bonchev–Trinajstić information content (AvgIpc) is 3.20. The Labute approximate surface area is 143 Å². The van der Waals surface area contributed by atoms with Crippen LogP contribution in [0.25, 0.3) is 0 Å². The molecular weight excluding hydrogens is 310 g/mol. The van der Waals surface area contributed by atoms with Gasteiger partial charge in [0.05, 0.1) is 25.2 Å². The summed E-state index contributed by atoms with van der Waals surface area (Å²) in [4.78, 5) is 27.1. The molecule has 3 aliphatic heterocycles. The van der Waals surface area contributed by atoms with Crippen molar-refractivity contribution in [1.29, 1.82) is 0 Å². The zero-order valence-electron chi connectivity index (χ0n) is 14.5. The molecule has 2 fully saturated rings. The van der Waals surface area contributed by atoms with Crippen LogP contribution in [0.3, 0.4) is 0 Å². The summed E-state index contributed by atoms with van der Waals surface area (Å²) in [6.45, 7) is 4.29. The Morgan fingerprint density at radius 3 is 2.96 bits per heavy atom. The van der Waals surface area contributed by atoms with E-state index in [9.17, 15) is 9.59 Å². The van der Waals surface area contributed by atoms with Crippen LogP contribution in [0.5, 0.6) is 0 Å². The number of esters is 1.